The Hall–Kier alpha value is -0.810. The fourth-order valence-electron chi connectivity index (χ4n) is 3.81. The lowest BCUT2D eigenvalue weighted by molar-refractivity contribution is -0.898. The van der Waals surface area contributed by atoms with E-state index in [1.165, 1.54) is 51.4 Å². The number of halogens is 1. The first-order chi connectivity index (χ1) is 12.9. The highest BCUT2D eigenvalue weighted by Gasteiger charge is 2.27. The van der Waals surface area contributed by atoms with Crippen LogP contribution in [0.25, 0.3) is 0 Å². The highest BCUT2D eigenvalue weighted by Crippen LogP contribution is 2.13. The molecular weight excluding hydrogens is 374 g/mol. The first kappa shape index (κ1) is 27.2. The molecule has 1 N–H and O–H groups in total. The second-order valence-corrected chi connectivity index (χ2v) is 8.84. The summed E-state index contributed by atoms with van der Waals surface area (Å²) in [5, 5.41) is 3.05. The van der Waals surface area contributed by atoms with Gasteiger partial charge in [-0.15, -0.1) is 0 Å². The summed E-state index contributed by atoms with van der Waals surface area (Å²) in [5.74, 6) is 0.480. The van der Waals surface area contributed by atoms with E-state index in [-0.39, 0.29) is 24.2 Å². The molecule has 6 heteroatoms. The van der Waals surface area contributed by atoms with Gasteiger partial charge in [0, 0.05) is 32.4 Å². The quantitative estimate of drug-likeness (QED) is 0.301. The molecule has 0 unspecified atom stereocenters. The van der Waals surface area contributed by atoms with E-state index >= 15 is 0 Å². The number of hydrogen-bond donors (Lipinski definition) is 1. The molecule has 0 atom stereocenters. The van der Waals surface area contributed by atoms with E-state index in [2.05, 4.69) is 26.3 Å². The summed E-state index contributed by atoms with van der Waals surface area (Å²) in [6.07, 6.45) is 14.9. The zero-order chi connectivity index (χ0) is 20.0. The number of nitrogens with zero attached hydrogens (tertiary/aromatic N) is 2. The number of nitrogens with one attached hydrogen (secondary N) is 1. The largest absolute Gasteiger partial charge is 1.00 e. The van der Waals surface area contributed by atoms with E-state index in [1.54, 1.807) is 0 Å². The summed E-state index contributed by atoms with van der Waals surface area (Å²) in [6.45, 7) is 5.65. The first-order valence-corrected chi connectivity index (χ1v) is 11.3. The molecule has 0 aromatic heterocycles. The lowest BCUT2D eigenvalue weighted by atomic mass is 10.1. The summed E-state index contributed by atoms with van der Waals surface area (Å²) in [4.78, 5) is 25.7. The van der Waals surface area contributed by atoms with Gasteiger partial charge in [0.2, 0.25) is 11.8 Å². The number of rotatable bonds is 16. The monoisotopic (exact) mass is 417 g/mol. The van der Waals surface area contributed by atoms with Crippen molar-refractivity contribution in [3.05, 3.63) is 0 Å². The minimum Gasteiger partial charge on any atom is -1.00 e. The molecule has 0 aromatic rings. The third-order valence-electron chi connectivity index (χ3n) is 5.49. The second-order valence-electron chi connectivity index (χ2n) is 8.84. The van der Waals surface area contributed by atoms with E-state index < -0.39 is 0 Å². The van der Waals surface area contributed by atoms with Crippen molar-refractivity contribution >= 4 is 11.8 Å². The van der Waals surface area contributed by atoms with Crippen LogP contribution in [-0.4, -0.2) is 61.6 Å². The Balaban J connectivity index is 0.00000729. The van der Waals surface area contributed by atoms with Crippen LogP contribution in [0, 0.1) is 0 Å². The molecule has 1 aliphatic heterocycles. The number of unbranched alkanes of at least 4 members (excludes halogenated alkanes) is 8. The van der Waals surface area contributed by atoms with Crippen LogP contribution >= 0.6 is 0 Å². The number of hydrogen-bond acceptors (Lipinski definition) is 2. The van der Waals surface area contributed by atoms with Crippen LogP contribution in [0.4, 0.5) is 0 Å². The molecule has 0 aliphatic carbocycles. The molecule has 28 heavy (non-hydrogen) atoms. The smallest absolute Gasteiger partial charge is 0.226 e. The summed E-state index contributed by atoms with van der Waals surface area (Å²) >= 11 is 0. The molecule has 1 aliphatic rings. The van der Waals surface area contributed by atoms with Crippen LogP contribution in [0.15, 0.2) is 0 Å². The van der Waals surface area contributed by atoms with Crippen molar-refractivity contribution in [3.8, 4) is 0 Å². The van der Waals surface area contributed by atoms with Crippen LogP contribution in [0.2, 0.25) is 0 Å². The van der Waals surface area contributed by atoms with Crippen molar-refractivity contribution < 1.29 is 26.5 Å². The van der Waals surface area contributed by atoms with Crippen LogP contribution in [0.5, 0.6) is 0 Å². The average Bonchev–Trinajstić information content (AvgIpc) is 3.01. The molecule has 1 rings (SSSR count). The second kappa shape index (κ2) is 16.0. The molecular formula is C22H44ClN3O2. The zero-order valence-electron chi connectivity index (χ0n) is 18.6. The molecule has 0 aromatic carbocycles. The molecule has 2 amide bonds. The molecule has 0 spiro atoms. The van der Waals surface area contributed by atoms with Gasteiger partial charge in [-0.1, -0.05) is 58.3 Å². The Morgan fingerprint density at radius 2 is 1.61 bits per heavy atom. The van der Waals surface area contributed by atoms with E-state index in [9.17, 15) is 9.59 Å². The van der Waals surface area contributed by atoms with E-state index in [0.29, 0.717) is 12.8 Å². The predicted octanol–water partition coefficient (Wildman–Crippen LogP) is 1.07. The van der Waals surface area contributed by atoms with Crippen LogP contribution in [-0.2, 0) is 9.59 Å². The Kier molecular flexibility index (Phi) is 15.6. The maximum Gasteiger partial charge on any atom is 0.226 e. The normalized spacial score (nSPS) is 14.2. The topological polar surface area (TPSA) is 49.4 Å². The van der Waals surface area contributed by atoms with Gasteiger partial charge < -0.3 is 22.2 Å². The van der Waals surface area contributed by atoms with E-state index in [4.69, 9.17) is 0 Å². The van der Waals surface area contributed by atoms with Crippen molar-refractivity contribution in [2.24, 2.45) is 0 Å². The highest BCUT2D eigenvalue weighted by molar-refractivity contribution is 5.77. The SMILES string of the molecule is CCCCCCCCCCCC(=O)NCCC[N+](C)(C)CN1CCCC1=O.[Cl-]. The molecule has 5 nitrogen and oxygen atoms in total. The van der Waals surface area contributed by atoms with Gasteiger partial charge in [0.05, 0.1) is 20.6 Å². The molecule has 1 heterocycles. The van der Waals surface area contributed by atoms with Gasteiger partial charge in [0.1, 0.15) is 0 Å². The standard InChI is InChI=1S/C22H43N3O2.ClH/c1-4-5-6-7-8-9-10-11-12-15-21(26)23-17-14-19-25(2,3)20-24-18-13-16-22(24)27;/h4-20H2,1-3H3;1H. The van der Waals surface area contributed by atoms with Crippen molar-refractivity contribution in [1.82, 2.24) is 10.2 Å². The molecule has 166 valence electrons. The fourth-order valence-corrected chi connectivity index (χ4v) is 3.81. The summed E-state index contributed by atoms with van der Waals surface area (Å²) < 4.78 is 0.805. The highest BCUT2D eigenvalue weighted by atomic mass is 35.5. The third-order valence-corrected chi connectivity index (χ3v) is 5.49. The van der Waals surface area contributed by atoms with Gasteiger partial charge >= 0.3 is 0 Å². The number of carbonyl (C=O) groups is 2. The summed E-state index contributed by atoms with van der Waals surface area (Å²) in [7, 11) is 4.32. The predicted molar refractivity (Wildman–Crippen MR) is 112 cm³/mol. The lowest BCUT2D eigenvalue weighted by Gasteiger charge is -2.33. The molecule has 1 saturated heterocycles. The Morgan fingerprint density at radius 3 is 2.18 bits per heavy atom. The van der Waals surface area contributed by atoms with Crippen LogP contribution in [0.3, 0.4) is 0 Å². The summed E-state index contributed by atoms with van der Waals surface area (Å²) in [5.41, 5.74) is 0. The van der Waals surface area contributed by atoms with Crippen LogP contribution in [0.1, 0.15) is 90.4 Å². The molecule has 0 saturated carbocycles. The maximum atomic E-state index is 11.9. The van der Waals surface area contributed by atoms with Gasteiger partial charge in [-0.25, -0.2) is 0 Å². The Morgan fingerprint density at radius 1 is 1.00 bits per heavy atom. The Labute approximate surface area is 179 Å². The van der Waals surface area contributed by atoms with Crippen molar-refractivity contribution in [2.45, 2.75) is 90.4 Å². The zero-order valence-corrected chi connectivity index (χ0v) is 19.4. The summed E-state index contributed by atoms with van der Waals surface area (Å²) in [6, 6.07) is 0. The molecule has 1 fully saturated rings. The fraction of sp³-hybridized carbons (Fsp3) is 0.909. The Bertz CT molecular complexity index is 430. The van der Waals surface area contributed by atoms with Gasteiger partial charge in [0.15, 0.2) is 6.67 Å². The van der Waals surface area contributed by atoms with E-state index in [1.807, 2.05) is 4.90 Å². The minimum atomic E-state index is 0. The first-order valence-electron chi connectivity index (χ1n) is 11.3. The van der Waals surface area contributed by atoms with Gasteiger partial charge in [0.25, 0.3) is 0 Å². The van der Waals surface area contributed by atoms with Gasteiger partial charge in [-0.05, 0) is 12.8 Å². The van der Waals surface area contributed by atoms with Crippen molar-refractivity contribution in [2.75, 3.05) is 40.4 Å². The number of likely N-dealkylation sites (tertiary alicyclic amines) is 1. The van der Waals surface area contributed by atoms with E-state index in [0.717, 1.165) is 50.0 Å². The maximum absolute atomic E-state index is 11.9. The number of carbonyl (C=O) groups excluding carboxylic acids is 2. The van der Waals surface area contributed by atoms with Crippen LogP contribution < -0.4 is 17.7 Å². The number of quaternary nitrogens is 1. The lowest BCUT2D eigenvalue weighted by Crippen LogP contribution is -3.00. The average molecular weight is 418 g/mol. The van der Waals surface area contributed by atoms with Gasteiger partial charge in [-0.3, -0.25) is 14.5 Å². The van der Waals surface area contributed by atoms with Crippen molar-refractivity contribution in [3.63, 3.8) is 0 Å². The number of amides is 2. The third kappa shape index (κ3) is 13.4. The molecule has 0 radical (unpaired) electrons. The van der Waals surface area contributed by atoms with Gasteiger partial charge in [-0.2, -0.15) is 0 Å². The van der Waals surface area contributed by atoms with Crippen molar-refractivity contribution in [1.29, 1.82) is 0 Å². The minimum absolute atomic E-state index is 0. The molecule has 0 bridgehead atoms.